The highest BCUT2D eigenvalue weighted by molar-refractivity contribution is 5.95. The lowest BCUT2D eigenvalue weighted by Gasteiger charge is -2.25. The lowest BCUT2D eigenvalue weighted by atomic mass is 9.96. The lowest BCUT2D eigenvalue weighted by Crippen LogP contribution is -2.40. The number of benzene rings is 1. The number of nitrogens with zero attached hydrogens (tertiary/aromatic N) is 1. The number of nitrogens with one attached hydrogen (secondary N) is 2. The van der Waals surface area contributed by atoms with Crippen LogP contribution in [-0.2, 0) is 0 Å². The van der Waals surface area contributed by atoms with Crippen molar-refractivity contribution in [2.75, 3.05) is 5.32 Å². The quantitative estimate of drug-likeness (QED) is 0.450. The molecule has 0 aromatic heterocycles. The second-order valence-corrected chi connectivity index (χ2v) is 5.83. The highest BCUT2D eigenvalue weighted by atomic mass is 16.3. The first-order chi connectivity index (χ1) is 9.81. The summed E-state index contributed by atoms with van der Waals surface area (Å²) in [5.74, 6) is 1.09. The zero-order valence-corrected chi connectivity index (χ0v) is 11.8. The third-order valence-corrected chi connectivity index (χ3v) is 3.96. The van der Waals surface area contributed by atoms with Gasteiger partial charge in [-0.25, -0.2) is 4.99 Å². The summed E-state index contributed by atoms with van der Waals surface area (Å²) < 4.78 is 0. The van der Waals surface area contributed by atoms with Crippen LogP contribution in [0.25, 0.3) is 0 Å². The van der Waals surface area contributed by atoms with Gasteiger partial charge in [0.2, 0.25) is 0 Å². The summed E-state index contributed by atoms with van der Waals surface area (Å²) in [6.45, 7) is 0. The van der Waals surface area contributed by atoms with Gasteiger partial charge in [0.15, 0.2) is 5.96 Å². The summed E-state index contributed by atoms with van der Waals surface area (Å²) in [6, 6.07) is 8.28. The van der Waals surface area contributed by atoms with E-state index >= 15 is 0 Å². The molecule has 0 atom stereocenters. The van der Waals surface area contributed by atoms with Gasteiger partial charge in [-0.05, 0) is 37.8 Å². The van der Waals surface area contributed by atoms with Gasteiger partial charge in [-0.3, -0.25) is 0 Å². The van der Waals surface area contributed by atoms with Crippen LogP contribution in [0.2, 0.25) is 0 Å². The number of para-hydroxylation sites is 2. The van der Waals surface area contributed by atoms with Gasteiger partial charge in [0.1, 0.15) is 5.75 Å². The van der Waals surface area contributed by atoms with Crippen molar-refractivity contribution in [1.82, 2.24) is 5.32 Å². The minimum Gasteiger partial charge on any atom is -0.506 e. The van der Waals surface area contributed by atoms with Gasteiger partial charge < -0.3 is 15.7 Å². The monoisotopic (exact) mass is 273 g/mol. The smallest absolute Gasteiger partial charge is 0.196 e. The first kappa shape index (κ1) is 13.3. The number of hydrogen-bond acceptors (Lipinski definition) is 2. The van der Waals surface area contributed by atoms with Crippen molar-refractivity contribution in [2.45, 2.75) is 57.0 Å². The first-order valence-electron chi connectivity index (χ1n) is 7.70. The number of phenolic OH excluding ortho intramolecular Hbond substituents is 1. The Kier molecular flexibility index (Phi) is 4.09. The van der Waals surface area contributed by atoms with Crippen LogP contribution >= 0.6 is 0 Å². The zero-order valence-electron chi connectivity index (χ0n) is 11.8. The number of aromatic hydroxyl groups is 1. The molecule has 0 bridgehead atoms. The van der Waals surface area contributed by atoms with E-state index in [2.05, 4.69) is 10.6 Å². The van der Waals surface area contributed by atoms with E-state index in [0.717, 1.165) is 11.6 Å². The molecular formula is C16H23N3O. The maximum absolute atomic E-state index is 9.87. The number of phenols is 1. The van der Waals surface area contributed by atoms with Gasteiger partial charge in [-0.2, -0.15) is 0 Å². The molecule has 2 saturated carbocycles. The highest BCUT2D eigenvalue weighted by Crippen LogP contribution is 2.26. The van der Waals surface area contributed by atoms with E-state index in [1.54, 1.807) is 6.07 Å². The van der Waals surface area contributed by atoms with Crippen LogP contribution in [0.3, 0.4) is 0 Å². The van der Waals surface area contributed by atoms with Crippen LogP contribution in [0, 0.1) is 0 Å². The molecule has 3 rings (SSSR count). The molecule has 0 heterocycles. The second-order valence-electron chi connectivity index (χ2n) is 5.83. The van der Waals surface area contributed by atoms with Gasteiger partial charge in [0.25, 0.3) is 0 Å². The largest absolute Gasteiger partial charge is 0.506 e. The van der Waals surface area contributed by atoms with Crippen molar-refractivity contribution in [1.29, 1.82) is 0 Å². The summed E-state index contributed by atoms with van der Waals surface area (Å²) in [5.41, 5.74) is 0.718. The molecule has 2 fully saturated rings. The molecule has 20 heavy (non-hydrogen) atoms. The van der Waals surface area contributed by atoms with Crippen molar-refractivity contribution in [3.8, 4) is 5.75 Å². The van der Waals surface area contributed by atoms with E-state index in [-0.39, 0.29) is 5.75 Å². The maximum Gasteiger partial charge on any atom is 0.196 e. The van der Waals surface area contributed by atoms with Crippen LogP contribution in [0.1, 0.15) is 44.9 Å². The van der Waals surface area contributed by atoms with Crippen LogP contribution in [0.5, 0.6) is 5.75 Å². The second kappa shape index (κ2) is 6.16. The van der Waals surface area contributed by atoms with E-state index in [1.165, 1.54) is 44.9 Å². The van der Waals surface area contributed by atoms with E-state index in [1.807, 2.05) is 18.2 Å². The minimum absolute atomic E-state index is 0.265. The third kappa shape index (κ3) is 3.65. The molecule has 4 heteroatoms. The van der Waals surface area contributed by atoms with Gasteiger partial charge in [0.05, 0.1) is 11.7 Å². The van der Waals surface area contributed by atoms with E-state index in [4.69, 9.17) is 4.99 Å². The predicted molar refractivity (Wildman–Crippen MR) is 82.2 cm³/mol. The molecule has 2 aliphatic carbocycles. The van der Waals surface area contributed by atoms with Crippen molar-refractivity contribution < 1.29 is 5.11 Å². The van der Waals surface area contributed by atoms with Gasteiger partial charge in [-0.1, -0.05) is 31.4 Å². The zero-order chi connectivity index (χ0) is 13.8. The summed E-state index contributed by atoms with van der Waals surface area (Å²) in [4.78, 5) is 4.70. The van der Waals surface area contributed by atoms with E-state index in [0.29, 0.717) is 12.1 Å². The van der Waals surface area contributed by atoms with Crippen LogP contribution in [0.4, 0.5) is 5.69 Å². The van der Waals surface area contributed by atoms with Crippen molar-refractivity contribution in [3.05, 3.63) is 24.3 Å². The van der Waals surface area contributed by atoms with E-state index in [9.17, 15) is 5.11 Å². The first-order valence-corrected chi connectivity index (χ1v) is 7.70. The number of aliphatic imine (C=N–C) groups is 1. The normalized spacial score (nSPS) is 20.7. The molecule has 0 saturated heterocycles. The van der Waals surface area contributed by atoms with Crippen LogP contribution in [-0.4, -0.2) is 23.1 Å². The fraction of sp³-hybridized carbons (Fsp3) is 0.562. The molecule has 4 nitrogen and oxygen atoms in total. The molecule has 0 aliphatic heterocycles. The summed E-state index contributed by atoms with van der Waals surface area (Å²) in [6.07, 6.45) is 8.73. The minimum atomic E-state index is 0.265. The fourth-order valence-electron chi connectivity index (χ4n) is 2.64. The Labute approximate surface area is 120 Å². The van der Waals surface area contributed by atoms with Crippen LogP contribution in [0.15, 0.2) is 29.3 Å². The molecule has 108 valence electrons. The Bertz CT molecular complexity index is 476. The SMILES string of the molecule is Oc1ccccc1NC(=NC1CC1)NC1CCCCC1. The number of anilines is 1. The Morgan fingerprint density at radius 1 is 1.05 bits per heavy atom. The molecule has 1 aromatic rings. The van der Waals surface area contributed by atoms with Crippen molar-refractivity contribution >= 4 is 11.6 Å². The maximum atomic E-state index is 9.87. The average Bonchev–Trinajstić information content (AvgIpc) is 3.26. The molecule has 1 aromatic carbocycles. The average molecular weight is 273 g/mol. The van der Waals surface area contributed by atoms with Crippen molar-refractivity contribution in [2.24, 2.45) is 4.99 Å². The predicted octanol–water partition coefficient (Wildman–Crippen LogP) is 3.24. The molecular weight excluding hydrogens is 250 g/mol. The molecule has 0 spiro atoms. The Morgan fingerprint density at radius 2 is 1.80 bits per heavy atom. The molecule has 0 radical (unpaired) electrons. The summed E-state index contributed by atoms with van der Waals surface area (Å²) in [5, 5.41) is 16.7. The van der Waals surface area contributed by atoms with Gasteiger partial charge in [-0.15, -0.1) is 0 Å². The number of guanidine groups is 1. The van der Waals surface area contributed by atoms with Gasteiger partial charge in [0, 0.05) is 6.04 Å². The number of hydrogen-bond donors (Lipinski definition) is 3. The standard InChI is InChI=1S/C16H23N3O/c20-15-9-5-4-8-14(15)19-16(18-13-10-11-13)17-12-6-2-1-3-7-12/h4-5,8-9,12-13,20H,1-3,6-7,10-11H2,(H2,17,18,19). The Morgan fingerprint density at radius 3 is 2.50 bits per heavy atom. The Hall–Kier alpha value is -1.71. The number of rotatable bonds is 3. The van der Waals surface area contributed by atoms with E-state index < -0.39 is 0 Å². The van der Waals surface area contributed by atoms with Crippen molar-refractivity contribution in [3.63, 3.8) is 0 Å². The summed E-state index contributed by atoms with van der Waals surface area (Å²) >= 11 is 0. The highest BCUT2D eigenvalue weighted by Gasteiger charge is 2.23. The Balaban J connectivity index is 1.68. The molecule has 2 aliphatic rings. The molecule has 3 N–H and O–H groups in total. The topological polar surface area (TPSA) is 56.6 Å². The fourth-order valence-corrected chi connectivity index (χ4v) is 2.64. The molecule has 0 unspecified atom stereocenters. The molecule has 0 amide bonds. The third-order valence-electron chi connectivity index (χ3n) is 3.96. The van der Waals surface area contributed by atoms with Crippen LogP contribution < -0.4 is 10.6 Å². The van der Waals surface area contributed by atoms with Gasteiger partial charge >= 0.3 is 0 Å². The lowest BCUT2D eigenvalue weighted by molar-refractivity contribution is 0.413. The summed E-state index contributed by atoms with van der Waals surface area (Å²) in [7, 11) is 0.